The Kier molecular flexibility index (Phi) is 4.29. The van der Waals surface area contributed by atoms with E-state index in [9.17, 15) is 17.6 Å². The Balaban J connectivity index is 2.06. The quantitative estimate of drug-likeness (QED) is 0.594. The maximum Gasteiger partial charge on any atom is 0.387 e. The van der Waals surface area contributed by atoms with Gasteiger partial charge < -0.3 is 9.47 Å². The molecule has 0 aliphatic carbocycles. The summed E-state index contributed by atoms with van der Waals surface area (Å²) in [6.07, 6.45) is 0. The molecule has 0 N–H and O–H groups in total. The molecule has 3 aromatic carbocycles. The standard InChI is InChI=1S/C18H12F4O2/c1-23-12-4-6-13(15(19)9-12)10-2-5-14-11(8-10)3-7-16(17(14)20)24-18(21)22/h2-9,18H,1H3. The summed E-state index contributed by atoms with van der Waals surface area (Å²) in [6, 6.07) is 11.5. The normalized spacial score (nSPS) is 11.1. The fourth-order valence-electron chi connectivity index (χ4n) is 2.48. The van der Waals surface area contributed by atoms with E-state index in [0.29, 0.717) is 22.3 Å². The van der Waals surface area contributed by atoms with Gasteiger partial charge in [-0.3, -0.25) is 0 Å². The average molecular weight is 336 g/mol. The first-order chi connectivity index (χ1) is 11.5. The molecule has 0 unspecified atom stereocenters. The highest BCUT2D eigenvalue weighted by Gasteiger charge is 2.14. The first-order valence-electron chi connectivity index (χ1n) is 7.00. The van der Waals surface area contributed by atoms with E-state index in [4.69, 9.17) is 4.74 Å². The van der Waals surface area contributed by atoms with Crippen LogP contribution in [-0.4, -0.2) is 13.7 Å². The van der Waals surface area contributed by atoms with Crippen LogP contribution in [0.5, 0.6) is 11.5 Å². The van der Waals surface area contributed by atoms with Crippen LogP contribution < -0.4 is 9.47 Å². The number of methoxy groups -OCH3 is 1. The van der Waals surface area contributed by atoms with Crippen molar-refractivity contribution < 1.29 is 27.0 Å². The molecule has 124 valence electrons. The van der Waals surface area contributed by atoms with Crippen LogP contribution in [0.15, 0.2) is 48.5 Å². The third-order valence-corrected chi connectivity index (χ3v) is 3.62. The van der Waals surface area contributed by atoms with Gasteiger partial charge in [-0.2, -0.15) is 8.78 Å². The summed E-state index contributed by atoms with van der Waals surface area (Å²) < 4.78 is 61.9. The van der Waals surface area contributed by atoms with Gasteiger partial charge in [-0.1, -0.05) is 18.2 Å². The lowest BCUT2D eigenvalue weighted by atomic mass is 10.0. The maximum absolute atomic E-state index is 14.2. The fourth-order valence-corrected chi connectivity index (χ4v) is 2.48. The molecular formula is C18H12F4O2. The lowest BCUT2D eigenvalue weighted by Gasteiger charge is -2.10. The van der Waals surface area contributed by atoms with Crippen molar-refractivity contribution >= 4 is 10.8 Å². The lowest BCUT2D eigenvalue weighted by molar-refractivity contribution is -0.0520. The molecule has 3 rings (SSSR count). The van der Waals surface area contributed by atoms with E-state index in [-0.39, 0.29) is 5.39 Å². The molecule has 2 nitrogen and oxygen atoms in total. The molecule has 0 aromatic heterocycles. The third kappa shape index (κ3) is 2.99. The Morgan fingerprint density at radius 1 is 0.917 bits per heavy atom. The topological polar surface area (TPSA) is 18.5 Å². The Bertz CT molecular complexity index is 894. The summed E-state index contributed by atoms with van der Waals surface area (Å²) in [6.45, 7) is -3.11. The zero-order valence-corrected chi connectivity index (χ0v) is 12.5. The molecule has 0 aliphatic rings. The van der Waals surface area contributed by atoms with Crippen LogP contribution in [0.3, 0.4) is 0 Å². The monoisotopic (exact) mass is 336 g/mol. The van der Waals surface area contributed by atoms with Crippen molar-refractivity contribution in [3.63, 3.8) is 0 Å². The number of alkyl halides is 2. The summed E-state index contributed by atoms with van der Waals surface area (Å²) in [5.74, 6) is -1.50. The van der Waals surface area contributed by atoms with Gasteiger partial charge in [-0.15, -0.1) is 0 Å². The van der Waals surface area contributed by atoms with Gasteiger partial charge in [-0.25, -0.2) is 8.78 Å². The molecule has 0 bridgehead atoms. The maximum atomic E-state index is 14.2. The average Bonchev–Trinajstić information content (AvgIpc) is 2.56. The number of halogens is 4. The van der Waals surface area contributed by atoms with Crippen LogP contribution >= 0.6 is 0 Å². The third-order valence-electron chi connectivity index (χ3n) is 3.62. The zero-order valence-electron chi connectivity index (χ0n) is 12.5. The van der Waals surface area contributed by atoms with Crippen molar-refractivity contribution in [2.24, 2.45) is 0 Å². The summed E-state index contributed by atoms with van der Waals surface area (Å²) in [7, 11) is 1.44. The second-order valence-electron chi connectivity index (χ2n) is 5.04. The van der Waals surface area contributed by atoms with Gasteiger partial charge in [0.05, 0.1) is 7.11 Å². The van der Waals surface area contributed by atoms with Crippen LogP contribution in [0.25, 0.3) is 21.9 Å². The van der Waals surface area contributed by atoms with Crippen LogP contribution in [0.2, 0.25) is 0 Å². The van der Waals surface area contributed by atoms with Gasteiger partial charge in [0.2, 0.25) is 0 Å². The number of hydrogen-bond acceptors (Lipinski definition) is 2. The number of ether oxygens (including phenoxy) is 2. The van der Waals surface area contributed by atoms with Crippen LogP contribution in [0.1, 0.15) is 0 Å². The molecule has 0 saturated heterocycles. The van der Waals surface area contributed by atoms with E-state index in [0.717, 1.165) is 6.07 Å². The largest absolute Gasteiger partial charge is 0.497 e. The molecule has 0 atom stereocenters. The van der Waals surface area contributed by atoms with E-state index in [2.05, 4.69) is 4.74 Å². The molecule has 0 saturated carbocycles. The SMILES string of the molecule is COc1ccc(-c2ccc3c(F)c(OC(F)F)ccc3c2)c(F)c1. The number of rotatable bonds is 4. The minimum atomic E-state index is -3.11. The van der Waals surface area contributed by atoms with Gasteiger partial charge in [0.15, 0.2) is 11.6 Å². The van der Waals surface area contributed by atoms with Gasteiger partial charge in [0.25, 0.3) is 0 Å². The highest BCUT2D eigenvalue weighted by Crippen LogP contribution is 2.32. The minimum absolute atomic E-state index is 0.116. The van der Waals surface area contributed by atoms with Gasteiger partial charge in [0, 0.05) is 17.0 Å². The van der Waals surface area contributed by atoms with Gasteiger partial charge >= 0.3 is 6.61 Å². The van der Waals surface area contributed by atoms with Crippen LogP contribution in [0, 0.1) is 11.6 Å². The Morgan fingerprint density at radius 2 is 1.71 bits per heavy atom. The minimum Gasteiger partial charge on any atom is -0.497 e. The summed E-state index contributed by atoms with van der Waals surface area (Å²) in [4.78, 5) is 0. The lowest BCUT2D eigenvalue weighted by Crippen LogP contribution is -2.03. The van der Waals surface area contributed by atoms with Crippen LogP contribution in [-0.2, 0) is 0 Å². The van der Waals surface area contributed by atoms with E-state index >= 15 is 0 Å². The molecule has 0 spiro atoms. The predicted molar refractivity (Wildman–Crippen MR) is 82.5 cm³/mol. The van der Waals surface area contributed by atoms with Crippen LogP contribution in [0.4, 0.5) is 17.6 Å². The van der Waals surface area contributed by atoms with Crippen molar-refractivity contribution in [2.75, 3.05) is 7.11 Å². The second-order valence-corrected chi connectivity index (χ2v) is 5.04. The van der Waals surface area contributed by atoms with Crippen molar-refractivity contribution in [1.82, 2.24) is 0 Å². The molecule has 0 radical (unpaired) electrons. The smallest absolute Gasteiger partial charge is 0.387 e. The highest BCUT2D eigenvalue weighted by atomic mass is 19.3. The summed E-state index contributed by atoms with van der Waals surface area (Å²) >= 11 is 0. The second kappa shape index (κ2) is 6.39. The number of hydrogen-bond donors (Lipinski definition) is 0. The first kappa shape index (κ1) is 16.1. The first-order valence-corrected chi connectivity index (χ1v) is 7.00. The van der Waals surface area contributed by atoms with Crippen molar-refractivity contribution in [3.8, 4) is 22.6 Å². The number of fused-ring (bicyclic) bond motifs is 1. The van der Waals surface area contributed by atoms with Crippen molar-refractivity contribution in [3.05, 3.63) is 60.2 Å². The predicted octanol–water partition coefficient (Wildman–Crippen LogP) is 5.40. The molecular weight excluding hydrogens is 324 g/mol. The molecule has 0 amide bonds. The van der Waals surface area contributed by atoms with Gasteiger partial charge in [-0.05, 0) is 35.2 Å². The summed E-state index contributed by atoms with van der Waals surface area (Å²) in [5.41, 5.74) is 0.857. The molecule has 24 heavy (non-hydrogen) atoms. The molecule has 6 heteroatoms. The van der Waals surface area contributed by atoms with E-state index in [1.54, 1.807) is 18.2 Å². The number of benzene rings is 3. The van der Waals surface area contributed by atoms with Crippen molar-refractivity contribution in [2.45, 2.75) is 6.61 Å². The Labute approximate surface area is 135 Å². The summed E-state index contributed by atoms with van der Waals surface area (Å²) in [5, 5.41) is 0.563. The molecule has 0 heterocycles. The van der Waals surface area contributed by atoms with E-state index < -0.39 is 24.0 Å². The molecule has 3 aromatic rings. The zero-order chi connectivity index (χ0) is 17.3. The van der Waals surface area contributed by atoms with Gasteiger partial charge in [0.1, 0.15) is 11.6 Å². The van der Waals surface area contributed by atoms with Crippen molar-refractivity contribution in [1.29, 1.82) is 0 Å². The van der Waals surface area contributed by atoms with E-state index in [1.807, 2.05) is 0 Å². The Hall–Kier alpha value is -2.76. The fraction of sp³-hybridized carbons (Fsp3) is 0.111. The van der Waals surface area contributed by atoms with E-state index in [1.165, 1.54) is 31.4 Å². The Morgan fingerprint density at radius 3 is 2.38 bits per heavy atom. The molecule has 0 aliphatic heterocycles. The highest BCUT2D eigenvalue weighted by molar-refractivity contribution is 5.89. The molecule has 0 fully saturated rings.